The average Bonchev–Trinajstić information content (AvgIpc) is 3.37. The summed E-state index contributed by atoms with van der Waals surface area (Å²) in [5, 5.41) is 13.5. The number of ether oxygens (including phenoxy) is 2. The third kappa shape index (κ3) is 7.22. The summed E-state index contributed by atoms with van der Waals surface area (Å²) in [6.07, 6.45) is -0.572. The van der Waals surface area contributed by atoms with Gasteiger partial charge in [-0.15, -0.1) is 0 Å². The van der Waals surface area contributed by atoms with Crippen LogP contribution in [0.3, 0.4) is 0 Å². The molecule has 5 N–H and O–H groups in total. The molecule has 0 aliphatic carbocycles. The molecule has 0 radical (unpaired) electrons. The highest BCUT2D eigenvalue weighted by Gasteiger charge is 2.23. The topological polar surface area (TPSA) is 157 Å². The van der Waals surface area contributed by atoms with Gasteiger partial charge in [-0.25, -0.2) is 9.59 Å². The molecular weight excluding hydrogens is 500 g/mol. The molecular formula is C29H28N4O6. The lowest BCUT2D eigenvalue weighted by atomic mass is 10.1. The van der Waals surface area contributed by atoms with E-state index < -0.39 is 24.0 Å². The minimum Gasteiger partial charge on any atom is -0.464 e. The van der Waals surface area contributed by atoms with Crippen molar-refractivity contribution in [2.45, 2.75) is 26.0 Å². The summed E-state index contributed by atoms with van der Waals surface area (Å²) < 4.78 is 16.0. The molecule has 0 saturated carbocycles. The number of carbonyl (C=O) groups is 3. The molecule has 10 nitrogen and oxygen atoms in total. The molecule has 0 unspecified atom stereocenters. The number of esters is 1. The highest BCUT2D eigenvalue weighted by molar-refractivity contribution is 6.05. The zero-order chi connectivity index (χ0) is 27.8. The monoisotopic (exact) mass is 528 g/mol. The Hall–Kier alpha value is -5.12. The van der Waals surface area contributed by atoms with Gasteiger partial charge in [-0.2, -0.15) is 0 Å². The highest BCUT2D eigenvalue weighted by atomic mass is 16.6. The molecule has 0 aliphatic rings. The first kappa shape index (κ1) is 26.9. The van der Waals surface area contributed by atoms with Gasteiger partial charge in [0.2, 0.25) is 0 Å². The number of alkyl carbamates (subject to hydrolysis) is 1. The van der Waals surface area contributed by atoms with Crippen LogP contribution in [-0.2, 0) is 27.3 Å². The number of hydrogen-bond acceptors (Lipinski definition) is 7. The van der Waals surface area contributed by atoms with Crippen LogP contribution in [-0.4, -0.2) is 36.5 Å². The molecule has 1 atom stereocenters. The molecule has 4 aromatic rings. The first-order valence-electron chi connectivity index (χ1n) is 12.2. The minimum absolute atomic E-state index is 0.0692. The Morgan fingerprint density at radius 2 is 1.69 bits per heavy atom. The maximum Gasteiger partial charge on any atom is 0.408 e. The van der Waals surface area contributed by atoms with Crippen molar-refractivity contribution < 1.29 is 28.3 Å². The van der Waals surface area contributed by atoms with E-state index in [0.717, 1.165) is 11.1 Å². The van der Waals surface area contributed by atoms with Crippen molar-refractivity contribution in [1.82, 2.24) is 5.32 Å². The minimum atomic E-state index is -0.955. The van der Waals surface area contributed by atoms with Gasteiger partial charge in [0.15, 0.2) is 5.76 Å². The standard InChI is InChI=1S/C29H28N4O6/c1-2-37-28(35)23(33-29(36)38-17-19-6-4-3-5-7-19)14-18-8-11-22(12-9-18)32-27(34)25-16-21-15-20(26(30)31)10-13-24(21)39-25/h3-13,15-16,23H,2,14,17H2,1H3,(H3,30,31)(H,32,34)(H,33,36)/t23-/m0/s1. The quantitative estimate of drug-likeness (QED) is 0.135. The number of benzene rings is 3. The summed E-state index contributed by atoms with van der Waals surface area (Å²) in [7, 11) is 0. The average molecular weight is 529 g/mol. The van der Waals surface area contributed by atoms with Crippen LogP contribution in [0.5, 0.6) is 0 Å². The number of amides is 2. The second-order valence-electron chi connectivity index (χ2n) is 8.64. The van der Waals surface area contributed by atoms with Crippen LogP contribution in [0.1, 0.15) is 34.2 Å². The summed E-state index contributed by atoms with van der Waals surface area (Å²) in [4.78, 5) is 37.5. The van der Waals surface area contributed by atoms with Gasteiger partial charge >= 0.3 is 12.1 Å². The second-order valence-corrected chi connectivity index (χ2v) is 8.64. The molecule has 1 aromatic heterocycles. The van der Waals surface area contributed by atoms with E-state index >= 15 is 0 Å². The van der Waals surface area contributed by atoms with Crippen LogP contribution in [0, 0.1) is 5.41 Å². The lowest BCUT2D eigenvalue weighted by Crippen LogP contribution is -2.43. The van der Waals surface area contributed by atoms with E-state index in [0.29, 0.717) is 22.2 Å². The van der Waals surface area contributed by atoms with Crippen LogP contribution in [0.4, 0.5) is 10.5 Å². The van der Waals surface area contributed by atoms with E-state index in [1.54, 1.807) is 55.5 Å². The predicted octanol–water partition coefficient (Wildman–Crippen LogP) is 4.37. The number of nitrogens with one attached hydrogen (secondary N) is 3. The SMILES string of the molecule is CCOC(=O)[C@H](Cc1ccc(NC(=O)c2cc3cc(C(=N)N)ccc3o2)cc1)NC(=O)OCc1ccccc1. The van der Waals surface area contributed by atoms with Crippen LogP contribution in [0.2, 0.25) is 0 Å². The van der Waals surface area contributed by atoms with Crippen LogP contribution in [0.25, 0.3) is 11.0 Å². The molecule has 4 rings (SSSR count). The van der Waals surface area contributed by atoms with Crippen molar-refractivity contribution in [2.75, 3.05) is 11.9 Å². The van der Waals surface area contributed by atoms with Gasteiger partial charge in [-0.05, 0) is 54.4 Å². The Bertz CT molecular complexity index is 1480. The first-order valence-corrected chi connectivity index (χ1v) is 12.2. The van der Waals surface area contributed by atoms with E-state index in [-0.39, 0.29) is 31.2 Å². The predicted molar refractivity (Wildman–Crippen MR) is 146 cm³/mol. The highest BCUT2D eigenvalue weighted by Crippen LogP contribution is 2.22. The Morgan fingerprint density at radius 1 is 0.949 bits per heavy atom. The molecule has 10 heteroatoms. The third-order valence-electron chi connectivity index (χ3n) is 5.78. The van der Waals surface area contributed by atoms with Crippen molar-refractivity contribution in [2.24, 2.45) is 5.73 Å². The number of carbonyl (C=O) groups excluding carboxylic acids is 3. The van der Waals surface area contributed by atoms with E-state index in [4.69, 9.17) is 25.0 Å². The Labute approximate surface area is 224 Å². The fraction of sp³-hybridized carbons (Fsp3) is 0.172. The molecule has 200 valence electrons. The van der Waals surface area contributed by atoms with Gasteiger partial charge in [0.1, 0.15) is 24.1 Å². The summed E-state index contributed by atoms with van der Waals surface area (Å²) in [6, 6.07) is 21.6. The lowest BCUT2D eigenvalue weighted by molar-refractivity contribution is -0.145. The number of furan rings is 1. The molecule has 0 aliphatic heterocycles. The lowest BCUT2D eigenvalue weighted by Gasteiger charge is -2.17. The number of anilines is 1. The summed E-state index contributed by atoms with van der Waals surface area (Å²) >= 11 is 0. The molecule has 0 bridgehead atoms. The number of fused-ring (bicyclic) bond motifs is 1. The van der Waals surface area contributed by atoms with Gasteiger partial charge in [0, 0.05) is 23.1 Å². The van der Waals surface area contributed by atoms with Crippen molar-refractivity contribution in [3.8, 4) is 0 Å². The number of rotatable bonds is 10. The molecule has 2 amide bonds. The molecule has 0 fully saturated rings. The van der Waals surface area contributed by atoms with Gasteiger partial charge in [0.25, 0.3) is 5.91 Å². The summed E-state index contributed by atoms with van der Waals surface area (Å²) in [6.45, 7) is 1.92. The largest absolute Gasteiger partial charge is 0.464 e. The van der Waals surface area contributed by atoms with Crippen molar-refractivity contribution in [3.63, 3.8) is 0 Å². The molecule has 0 saturated heterocycles. The summed E-state index contributed by atoms with van der Waals surface area (Å²) in [5.41, 5.74) is 8.62. The molecule has 39 heavy (non-hydrogen) atoms. The molecule has 1 heterocycles. The van der Waals surface area contributed by atoms with Gasteiger partial charge < -0.3 is 30.3 Å². The van der Waals surface area contributed by atoms with Crippen LogP contribution < -0.4 is 16.4 Å². The van der Waals surface area contributed by atoms with Crippen molar-refractivity contribution >= 4 is 40.5 Å². The van der Waals surface area contributed by atoms with E-state index in [9.17, 15) is 14.4 Å². The maximum atomic E-state index is 12.7. The van der Waals surface area contributed by atoms with Crippen LogP contribution >= 0.6 is 0 Å². The van der Waals surface area contributed by atoms with E-state index in [1.807, 2.05) is 30.3 Å². The fourth-order valence-electron chi connectivity index (χ4n) is 3.82. The van der Waals surface area contributed by atoms with Crippen LogP contribution in [0.15, 0.2) is 83.3 Å². The molecule has 0 spiro atoms. The first-order chi connectivity index (χ1) is 18.8. The summed E-state index contributed by atoms with van der Waals surface area (Å²) in [5.74, 6) is -0.996. The Kier molecular flexibility index (Phi) is 8.57. The van der Waals surface area contributed by atoms with Gasteiger partial charge in [-0.1, -0.05) is 42.5 Å². The van der Waals surface area contributed by atoms with Crippen molar-refractivity contribution in [1.29, 1.82) is 5.41 Å². The molecule has 3 aromatic carbocycles. The zero-order valence-electron chi connectivity index (χ0n) is 21.2. The third-order valence-corrected chi connectivity index (χ3v) is 5.78. The van der Waals surface area contributed by atoms with Gasteiger partial charge in [-0.3, -0.25) is 10.2 Å². The van der Waals surface area contributed by atoms with Gasteiger partial charge in [0.05, 0.1) is 6.61 Å². The van der Waals surface area contributed by atoms with E-state index in [1.165, 1.54) is 0 Å². The smallest absolute Gasteiger partial charge is 0.408 e. The second kappa shape index (κ2) is 12.4. The fourth-order valence-corrected chi connectivity index (χ4v) is 3.82. The normalized spacial score (nSPS) is 11.4. The zero-order valence-corrected chi connectivity index (χ0v) is 21.2. The Balaban J connectivity index is 1.37. The van der Waals surface area contributed by atoms with Crippen molar-refractivity contribution in [3.05, 3.63) is 101 Å². The van der Waals surface area contributed by atoms with E-state index in [2.05, 4.69) is 10.6 Å². The number of nitrogens with two attached hydrogens (primary N) is 1. The number of amidine groups is 1. The Morgan fingerprint density at radius 3 is 2.38 bits per heavy atom. The number of hydrogen-bond donors (Lipinski definition) is 4. The number of nitrogen functional groups attached to an aromatic ring is 1. The maximum absolute atomic E-state index is 12.7.